The Morgan fingerprint density at radius 2 is 1.69 bits per heavy atom. The van der Waals surface area contributed by atoms with Gasteiger partial charge in [0.05, 0.1) is 7.11 Å². The predicted octanol–water partition coefficient (Wildman–Crippen LogP) is 3.98. The van der Waals surface area contributed by atoms with Crippen LogP contribution in [0.4, 0.5) is 4.79 Å². The number of esters is 1. The van der Waals surface area contributed by atoms with E-state index in [1.165, 1.54) is 7.11 Å². The number of amides is 2. The average molecular weight is 552 g/mol. The highest BCUT2D eigenvalue weighted by Gasteiger charge is 2.22. The predicted molar refractivity (Wildman–Crippen MR) is 130 cm³/mol. The van der Waals surface area contributed by atoms with Crippen molar-refractivity contribution in [2.24, 2.45) is 0 Å². The molecular weight excluding hydrogens is 523 g/mol. The highest BCUT2D eigenvalue weighted by molar-refractivity contribution is 14.1. The second-order valence-corrected chi connectivity index (χ2v) is 8.40. The van der Waals surface area contributed by atoms with Crippen molar-refractivity contribution < 1.29 is 23.9 Å². The van der Waals surface area contributed by atoms with Crippen LogP contribution in [-0.4, -0.2) is 37.7 Å². The SMILES string of the molecule is COC(=O)[C@H](Cc1ccccc1I)NC(=O)CCCCCNC(=O)OCc1ccccc1. The normalized spacial score (nSPS) is 11.3. The Bertz CT molecular complexity index is 876. The third-order valence-electron chi connectivity index (χ3n) is 4.77. The summed E-state index contributed by atoms with van der Waals surface area (Å²) in [5.74, 6) is -0.655. The van der Waals surface area contributed by atoms with Gasteiger partial charge in [-0.2, -0.15) is 0 Å². The standard InChI is InChI=1S/C24H29IN2O5/c1-31-23(29)21(16-19-12-7-8-13-20(19)25)27-22(28)14-6-3-9-15-26-24(30)32-17-18-10-4-2-5-11-18/h2,4-5,7-8,10-13,21H,3,6,9,14-17H2,1H3,(H,26,30)(H,27,28)/t21-/m0/s1. The molecule has 0 fully saturated rings. The van der Waals surface area contributed by atoms with E-state index in [0.717, 1.165) is 27.5 Å². The molecule has 0 spiro atoms. The molecule has 1 atom stereocenters. The molecule has 2 N–H and O–H groups in total. The number of unbranched alkanes of at least 4 members (excludes halogenated alkanes) is 2. The first-order chi connectivity index (χ1) is 15.5. The third kappa shape index (κ3) is 9.67. The Morgan fingerprint density at radius 1 is 0.969 bits per heavy atom. The van der Waals surface area contributed by atoms with Gasteiger partial charge in [-0.15, -0.1) is 0 Å². The highest BCUT2D eigenvalue weighted by atomic mass is 127. The van der Waals surface area contributed by atoms with Gasteiger partial charge in [0.15, 0.2) is 0 Å². The van der Waals surface area contributed by atoms with E-state index < -0.39 is 18.1 Å². The Hall–Kier alpha value is -2.62. The molecule has 0 bridgehead atoms. The molecular formula is C24H29IN2O5. The first kappa shape index (κ1) is 25.6. The Labute approximate surface area is 202 Å². The van der Waals surface area contributed by atoms with Crippen LogP contribution in [0.15, 0.2) is 54.6 Å². The molecule has 32 heavy (non-hydrogen) atoms. The maximum Gasteiger partial charge on any atom is 0.407 e. The minimum absolute atomic E-state index is 0.193. The number of benzene rings is 2. The zero-order chi connectivity index (χ0) is 23.2. The van der Waals surface area contributed by atoms with Crippen LogP contribution >= 0.6 is 22.6 Å². The maximum atomic E-state index is 12.3. The molecule has 0 aliphatic carbocycles. The molecule has 172 valence electrons. The van der Waals surface area contributed by atoms with E-state index >= 15 is 0 Å². The quantitative estimate of drug-likeness (QED) is 0.236. The molecule has 2 rings (SSSR count). The van der Waals surface area contributed by atoms with E-state index in [1.807, 2.05) is 54.6 Å². The molecule has 2 aromatic carbocycles. The molecule has 0 saturated carbocycles. The zero-order valence-electron chi connectivity index (χ0n) is 18.1. The van der Waals surface area contributed by atoms with Gasteiger partial charge in [-0.25, -0.2) is 9.59 Å². The number of nitrogens with one attached hydrogen (secondary N) is 2. The van der Waals surface area contributed by atoms with Gasteiger partial charge >= 0.3 is 12.1 Å². The lowest BCUT2D eigenvalue weighted by Crippen LogP contribution is -2.43. The van der Waals surface area contributed by atoms with E-state index in [1.54, 1.807) is 0 Å². The highest BCUT2D eigenvalue weighted by Crippen LogP contribution is 2.14. The number of alkyl carbamates (subject to hydrolysis) is 1. The Morgan fingerprint density at radius 3 is 2.41 bits per heavy atom. The summed E-state index contributed by atoms with van der Waals surface area (Å²) in [6.07, 6.45) is 2.39. The number of carbonyl (C=O) groups excluding carboxylic acids is 3. The maximum absolute atomic E-state index is 12.3. The van der Waals surface area contributed by atoms with Gasteiger partial charge in [-0.05, 0) is 52.6 Å². The summed E-state index contributed by atoms with van der Waals surface area (Å²) in [7, 11) is 1.31. The van der Waals surface area contributed by atoms with Crippen LogP contribution in [0.2, 0.25) is 0 Å². The van der Waals surface area contributed by atoms with Crippen molar-refractivity contribution in [3.8, 4) is 0 Å². The van der Waals surface area contributed by atoms with Crippen molar-refractivity contribution >= 4 is 40.6 Å². The minimum atomic E-state index is -0.718. The van der Waals surface area contributed by atoms with Crippen LogP contribution in [-0.2, 0) is 32.1 Å². The third-order valence-corrected chi connectivity index (χ3v) is 5.82. The lowest BCUT2D eigenvalue weighted by atomic mass is 10.1. The van der Waals surface area contributed by atoms with Gasteiger partial charge < -0.3 is 20.1 Å². The topological polar surface area (TPSA) is 93.7 Å². The minimum Gasteiger partial charge on any atom is -0.467 e. The van der Waals surface area contributed by atoms with Crippen LogP contribution < -0.4 is 10.6 Å². The Kier molecular flexibility index (Phi) is 11.6. The van der Waals surface area contributed by atoms with Crippen LogP contribution in [0.5, 0.6) is 0 Å². The number of carbonyl (C=O) groups is 3. The van der Waals surface area contributed by atoms with Crippen molar-refractivity contribution in [1.29, 1.82) is 0 Å². The van der Waals surface area contributed by atoms with E-state index in [4.69, 9.17) is 9.47 Å². The van der Waals surface area contributed by atoms with Gasteiger partial charge in [-0.1, -0.05) is 55.0 Å². The fourth-order valence-corrected chi connectivity index (χ4v) is 3.65. The molecule has 0 aliphatic heterocycles. The molecule has 0 saturated heterocycles. The number of hydrogen-bond donors (Lipinski definition) is 2. The van der Waals surface area contributed by atoms with Crippen molar-refractivity contribution in [3.63, 3.8) is 0 Å². The fraction of sp³-hybridized carbons (Fsp3) is 0.375. The number of hydrogen-bond acceptors (Lipinski definition) is 5. The lowest BCUT2D eigenvalue weighted by Gasteiger charge is -2.17. The molecule has 0 unspecified atom stereocenters. The zero-order valence-corrected chi connectivity index (χ0v) is 20.3. The summed E-state index contributed by atoms with van der Waals surface area (Å²) >= 11 is 2.21. The first-order valence-electron chi connectivity index (χ1n) is 10.5. The van der Waals surface area contributed by atoms with Crippen LogP contribution in [0, 0.1) is 3.57 Å². The van der Waals surface area contributed by atoms with Gasteiger partial charge in [0.25, 0.3) is 0 Å². The van der Waals surface area contributed by atoms with Crippen LogP contribution in [0.25, 0.3) is 0 Å². The molecule has 7 nitrogen and oxygen atoms in total. The largest absolute Gasteiger partial charge is 0.467 e. The second-order valence-electron chi connectivity index (χ2n) is 7.24. The number of rotatable bonds is 12. The first-order valence-corrected chi connectivity index (χ1v) is 11.6. The summed E-state index contributed by atoms with van der Waals surface area (Å²) in [6.45, 7) is 0.711. The molecule has 0 aliphatic rings. The van der Waals surface area contributed by atoms with Crippen molar-refractivity contribution in [2.75, 3.05) is 13.7 Å². The van der Waals surface area contributed by atoms with Gasteiger partial charge in [-0.3, -0.25) is 4.79 Å². The molecule has 8 heteroatoms. The Balaban J connectivity index is 1.62. The summed E-state index contributed by atoms with van der Waals surface area (Å²) in [5, 5.41) is 5.48. The number of methoxy groups -OCH3 is 1. The molecule has 2 amide bonds. The molecule has 0 heterocycles. The summed E-state index contributed by atoms with van der Waals surface area (Å²) in [4.78, 5) is 36.1. The fourth-order valence-electron chi connectivity index (χ4n) is 3.04. The van der Waals surface area contributed by atoms with E-state index in [9.17, 15) is 14.4 Å². The van der Waals surface area contributed by atoms with Crippen LogP contribution in [0.3, 0.4) is 0 Å². The summed E-state index contributed by atoms with van der Waals surface area (Å²) in [5.41, 5.74) is 1.91. The molecule has 0 radical (unpaired) electrons. The second kappa shape index (κ2) is 14.4. The average Bonchev–Trinajstić information content (AvgIpc) is 2.81. The monoisotopic (exact) mass is 552 g/mol. The molecule has 0 aromatic heterocycles. The summed E-state index contributed by atoms with van der Waals surface area (Å²) in [6, 6.07) is 16.5. The van der Waals surface area contributed by atoms with Crippen molar-refractivity contribution in [1.82, 2.24) is 10.6 Å². The van der Waals surface area contributed by atoms with Crippen LogP contribution in [0.1, 0.15) is 36.8 Å². The lowest BCUT2D eigenvalue weighted by molar-refractivity contribution is -0.145. The van der Waals surface area contributed by atoms with E-state index in [0.29, 0.717) is 25.8 Å². The number of halogens is 1. The number of ether oxygens (including phenoxy) is 2. The smallest absolute Gasteiger partial charge is 0.407 e. The van der Waals surface area contributed by atoms with E-state index in [2.05, 4.69) is 33.2 Å². The summed E-state index contributed by atoms with van der Waals surface area (Å²) < 4.78 is 11.0. The van der Waals surface area contributed by atoms with Gasteiger partial charge in [0.2, 0.25) is 5.91 Å². The van der Waals surface area contributed by atoms with Gasteiger partial charge in [0.1, 0.15) is 12.6 Å². The van der Waals surface area contributed by atoms with Crippen molar-refractivity contribution in [3.05, 3.63) is 69.3 Å². The van der Waals surface area contributed by atoms with E-state index in [-0.39, 0.29) is 12.5 Å². The van der Waals surface area contributed by atoms with Gasteiger partial charge in [0, 0.05) is 23.0 Å². The van der Waals surface area contributed by atoms with Crippen molar-refractivity contribution in [2.45, 2.75) is 44.8 Å². The molecule has 2 aromatic rings.